The lowest BCUT2D eigenvalue weighted by molar-refractivity contribution is 0.199. The number of nitrogens with one attached hydrogen (secondary N) is 1. The molecule has 0 amide bonds. The number of ether oxygens (including phenoxy) is 1. The van der Waals surface area contributed by atoms with Crippen molar-refractivity contribution in [1.29, 1.82) is 0 Å². The summed E-state index contributed by atoms with van der Waals surface area (Å²) in [5.41, 5.74) is 4.46. The zero-order valence-electron chi connectivity index (χ0n) is 11.1. The predicted octanol–water partition coefficient (Wildman–Crippen LogP) is 2.64. The van der Waals surface area contributed by atoms with Crippen molar-refractivity contribution >= 4 is 0 Å². The highest BCUT2D eigenvalue weighted by Crippen LogP contribution is 2.48. The number of benzene rings is 1. The largest absolute Gasteiger partial charge is 0.383 e. The Morgan fingerprint density at radius 3 is 2.94 bits per heavy atom. The first-order chi connectivity index (χ1) is 8.24. The molecule has 94 valence electrons. The number of aryl methyl sites for hydroxylation is 1. The van der Waals surface area contributed by atoms with Crippen molar-refractivity contribution in [2.45, 2.75) is 26.2 Å². The Morgan fingerprint density at radius 2 is 2.18 bits per heavy atom. The highest BCUT2D eigenvalue weighted by Gasteiger charge is 2.38. The zero-order valence-corrected chi connectivity index (χ0v) is 11.1. The number of methoxy groups -OCH3 is 1. The average Bonchev–Trinajstić information content (AvgIpc) is 3.08. The van der Waals surface area contributed by atoms with Crippen LogP contribution in [-0.4, -0.2) is 26.8 Å². The van der Waals surface area contributed by atoms with Gasteiger partial charge >= 0.3 is 0 Å². The van der Waals surface area contributed by atoms with Crippen molar-refractivity contribution in [2.75, 3.05) is 26.8 Å². The van der Waals surface area contributed by atoms with Gasteiger partial charge in [0.15, 0.2) is 0 Å². The topological polar surface area (TPSA) is 21.3 Å². The third-order valence-electron chi connectivity index (χ3n) is 3.86. The van der Waals surface area contributed by atoms with E-state index < -0.39 is 0 Å². The Morgan fingerprint density at radius 1 is 1.35 bits per heavy atom. The minimum Gasteiger partial charge on any atom is -0.383 e. The van der Waals surface area contributed by atoms with E-state index in [0.717, 1.165) is 31.5 Å². The van der Waals surface area contributed by atoms with Crippen molar-refractivity contribution in [3.05, 3.63) is 34.9 Å². The molecule has 0 radical (unpaired) electrons. The summed E-state index contributed by atoms with van der Waals surface area (Å²) in [7, 11) is 1.75. The molecule has 1 saturated carbocycles. The molecule has 1 fully saturated rings. The zero-order chi connectivity index (χ0) is 12.3. The van der Waals surface area contributed by atoms with Crippen LogP contribution in [0, 0.1) is 19.8 Å². The molecule has 2 heteroatoms. The highest BCUT2D eigenvalue weighted by atomic mass is 16.5. The van der Waals surface area contributed by atoms with Crippen molar-refractivity contribution in [1.82, 2.24) is 5.32 Å². The van der Waals surface area contributed by atoms with E-state index in [1.165, 1.54) is 17.5 Å². The van der Waals surface area contributed by atoms with Crippen LogP contribution in [0.2, 0.25) is 0 Å². The molecular weight excluding hydrogens is 210 g/mol. The molecule has 0 aromatic heterocycles. The molecule has 1 aliphatic rings. The van der Waals surface area contributed by atoms with Gasteiger partial charge in [-0.25, -0.2) is 0 Å². The van der Waals surface area contributed by atoms with E-state index in [4.69, 9.17) is 4.74 Å². The molecule has 1 N–H and O–H groups in total. The van der Waals surface area contributed by atoms with Gasteiger partial charge in [0, 0.05) is 13.7 Å². The SMILES string of the molecule is COCCNCC1CC1c1cccc(C)c1C. The third kappa shape index (κ3) is 3.08. The quantitative estimate of drug-likeness (QED) is 0.763. The summed E-state index contributed by atoms with van der Waals surface area (Å²) in [6, 6.07) is 6.68. The van der Waals surface area contributed by atoms with E-state index in [1.807, 2.05) is 0 Å². The lowest BCUT2D eigenvalue weighted by Crippen LogP contribution is -2.21. The van der Waals surface area contributed by atoms with Crippen LogP contribution in [0.25, 0.3) is 0 Å². The van der Waals surface area contributed by atoms with Gasteiger partial charge in [-0.1, -0.05) is 18.2 Å². The van der Waals surface area contributed by atoms with Crippen LogP contribution in [0.1, 0.15) is 29.0 Å². The Hall–Kier alpha value is -0.860. The van der Waals surface area contributed by atoms with Crippen LogP contribution in [0.5, 0.6) is 0 Å². The second kappa shape index (κ2) is 5.65. The Balaban J connectivity index is 1.83. The van der Waals surface area contributed by atoms with Crippen LogP contribution in [0.15, 0.2) is 18.2 Å². The van der Waals surface area contributed by atoms with Gasteiger partial charge in [0.25, 0.3) is 0 Å². The van der Waals surface area contributed by atoms with Crippen molar-refractivity contribution in [3.8, 4) is 0 Å². The first kappa shape index (κ1) is 12.6. The molecule has 0 saturated heterocycles. The summed E-state index contributed by atoms with van der Waals surface area (Å²) < 4.78 is 5.03. The smallest absolute Gasteiger partial charge is 0.0587 e. The van der Waals surface area contributed by atoms with E-state index >= 15 is 0 Å². The molecule has 2 atom stereocenters. The van der Waals surface area contributed by atoms with Crippen LogP contribution < -0.4 is 5.32 Å². The van der Waals surface area contributed by atoms with Gasteiger partial charge in [0.2, 0.25) is 0 Å². The fraction of sp³-hybridized carbons (Fsp3) is 0.600. The third-order valence-corrected chi connectivity index (χ3v) is 3.86. The minimum atomic E-state index is 0.782. The van der Waals surface area contributed by atoms with Crippen molar-refractivity contribution < 1.29 is 4.74 Å². The maximum atomic E-state index is 5.03. The van der Waals surface area contributed by atoms with E-state index in [1.54, 1.807) is 12.7 Å². The van der Waals surface area contributed by atoms with E-state index in [-0.39, 0.29) is 0 Å². The maximum Gasteiger partial charge on any atom is 0.0587 e. The number of hydrogen-bond donors (Lipinski definition) is 1. The first-order valence-electron chi connectivity index (χ1n) is 6.49. The fourth-order valence-electron chi connectivity index (χ4n) is 2.49. The second-order valence-corrected chi connectivity index (χ2v) is 5.09. The van der Waals surface area contributed by atoms with Crippen LogP contribution in [0.3, 0.4) is 0 Å². The molecular formula is C15H23NO. The molecule has 2 unspecified atom stereocenters. The van der Waals surface area contributed by atoms with Crippen molar-refractivity contribution in [3.63, 3.8) is 0 Å². The monoisotopic (exact) mass is 233 g/mol. The van der Waals surface area contributed by atoms with E-state index in [9.17, 15) is 0 Å². The molecule has 1 aromatic rings. The van der Waals surface area contributed by atoms with Gasteiger partial charge in [-0.3, -0.25) is 0 Å². The molecule has 2 nitrogen and oxygen atoms in total. The van der Waals surface area contributed by atoms with E-state index in [2.05, 4.69) is 37.4 Å². The molecule has 0 spiro atoms. The number of hydrogen-bond acceptors (Lipinski definition) is 2. The summed E-state index contributed by atoms with van der Waals surface area (Å²) >= 11 is 0. The molecule has 2 rings (SSSR count). The summed E-state index contributed by atoms with van der Waals surface area (Å²) in [6.07, 6.45) is 1.34. The molecule has 0 bridgehead atoms. The molecule has 1 aliphatic carbocycles. The predicted molar refractivity (Wildman–Crippen MR) is 71.5 cm³/mol. The standard InChI is InChI=1S/C15H23NO/c1-11-5-4-6-14(12(11)2)15-9-13(15)10-16-7-8-17-3/h4-6,13,15-16H,7-10H2,1-3H3. The molecule has 0 aliphatic heterocycles. The van der Waals surface area contributed by atoms with Gasteiger partial charge in [-0.05, 0) is 55.3 Å². The first-order valence-corrected chi connectivity index (χ1v) is 6.49. The Bertz CT molecular complexity index is 375. The molecule has 0 heterocycles. The summed E-state index contributed by atoms with van der Waals surface area (Å²) in [4.78, 5) is 0. The van der Waals surface area contributed by atoms with E-state index in [0.29, 0.717) is 0 Å². The second-order valence-electron chi connectivity index (χ2n) is 5.09. The fourth-order valence-corrected chi connectivity index (χ4v) is 2.49. The highest BCUT2D eigenvalue weighted by molar-refractivity contribution is 5.38. The van der Waals surface area contributed by atoms with Crippen LogP contribution in [0.4, 0.5) is 0 Å². The van der Waals surface area contributed by atoms with Crippen molar-refractivity contribution in [2.24, 2.45) is 5.92 Å². The van der Waals surface area contributed by atoms with Crippen LogP contribution in [-0.2, 0) is 4.74 Å². The minimum absolute atomic E-state index is 0.782. The van der Waals surface area contributed by atoms with Gasteiger partial charge in [0.1, 0.15) is 0 Å². The lowest BCUT2D eigenvalue weighted by Gasteiger charge is -2.08. The van der Waals surface area contributed by atoms with Crippen LogP contribution >= 0.6 is 0 Å². The molecule has 17 heavy (non-hydrogen) atoms. The Kier molecular flexibility index (Phi) is 4.19. The Labute approximate surface area is 104 Å². The lowest BCUT2D eigenvalue weighted by atomic mass is 9.99. The molecule has 1 aromatic carbocycles. The summed E-state index contributed by atoms with van der Waals surface area (Å²) in [5, 5.41) is 3.46. The van der Waals surface area contributed by atoms with Gasteiger partial charge in [-0.2, -0.15) is 0 Å². The van der Waals surface area contributed by atoms with Gasteiger partial charge in [0.05, 0.1) is 6.61 Å². The number of rotatable bonds is 6. The van der Waals surface area contributed by atoms with Gasteiger partial charge in [-0.15, -0.1) is 0 Å². The summed E-state index contributed by atoms with van der Waals surface area (Å²) in [6.45, 7) is 7.35. The summed E-state index contributed by atoms with van der Waals surface area (Å²) in [5.74, 6) is 1.61. The average molecular weight is 233 g/mol. The normalized spacial score (nSPS) is 22.8. The maximum absolute atomic E-state index is 5.03. The van der Waals surface area contributed by atoms with Gasteiger partial charge < -0.3 is 10.1 Å².